The van der Waals surface area contributed by atoms with Crippen LogP contribution in [-0.4, -0.2) is 24.0 Å². The summed E-state index contributed by atoms with van der Waals surface area (Å²) in [7, 11) is 0. The summed E-state index contributed by atoms with van der Waals surface area (Å²) in [4.78, 5) is 27.8. The number of hydrogen-bond acceptors (Lipinski definition) is 4. The van der Waals surface area contributed by atoms with Crippen LogP contribution in [0.2, 0.25) is 0 Å². The van der Waals surface area contributed by atoms with Gasteiger partial charge in [-0.25, -0.2) is 4.79 Å². The summed E-state index contributed by atoms with van der Waals surface area (Å²) in [6.45, 7) is 14.7. The highest BCUT2D eigenvalue weighted by Crippen LogP contribution is 2.73. The first-order valence-electron chi connectivity index (χ1n) is 13.0. The number of cyclic esters (lactones) is 1. The number of rotatable bonds is 6. The largest absolute Gasteiger partial charge is 0.462 e. The highest BCUT2D eigenvalue weighted by atomic mass is 16.6. The van der Waals surface area contributed by atoms with Crippen molar-refractivity contribution in [3.63, 3.8) is 0 Å². The van der Waals surface area contributed by atoms with Crippen molar-refractivity contribution in [2.24, 2.45) is 35.0 Å². The first-order valence-corrected chi connectivity index (χ1v) is 13.0. The van der Waals surface area contributed by atoms with Crippen LogP contribution in [0.5, 0.6) is 0 Å². The lowest BCUT2D eigenvalue weighted by Gasteiger charge is -2.62. The van der Waals surface area contributed by atoms with Gasteiger partial charge < -0.3 is 9.47 Å². The highest BCUT2D eigenvalue weighted by molar-refractivity contribution is 6.13. The molecule has 0 aromatic heterocycles. The molecule has 3 fully saturated rings. The fourth-order valence-electron chi connectivity index (χ4n) is 7.57. The van der Waals surface area contributed by atoms with Gasteiger partial charge in [0.25, 0.3) is 0 Å². The molecule has 186 valence electrons. The Hall–Kier alpha value is -2.46. The molecule has 0 amide bonds. The van der Waals surface area contributed by atoms with Crippen molar-refractivity contribution in [1.82, 2.24) is 0 Å². The molecule has 0 unspecified atom stereocenters. The molecule has 2 aliphatic carbocycles. The van der Waals surface area contributed by atoms with Crippen LogP contribution < -0.4 is 0 Å². The fraction of sp³-hybridized carbons (Fsp3) is 0.548. The van der Waals surface area contributed by atoms with Crippen molar-refractivity contribution in [1.29, 1.82) is 0 Å². The van der Waals surface area contributed by atoms with E-state index < -0.39 is 22.6 Å². The van der Waals surface area contributed by atoms with E-state index >= 15 is 0 Å². The van der Waals surface area contributed by atoms with E-state index in [0.29, 0.717) is 11.8 Å². The van der Waals surface area contributed by atoms with E-state index in [1.807, 2.05) is 25.1 Å². The van der Waals surface area contributed by atoms with Gasteiger partial charge in [-0.3, -0.25) is 4.79 Å². The molecule has 0 N–H and O–H groups in total. The minimum atomic E-state index is -1.64. The standard InChI is InChI=1S/C31H38O4/c1-7-29(6)18-34-28(33)31(29)27(32)26-24-23(20(4)13-11-12-19(2)3)17-16-21(5)25(24)30(26,35-31)22-14-9-8-10-15-22/h7-10,12,14-16,20,23-26H,1,11,13,17-18H2,2-6H3/t20-,23+,24+,25-,26+,29+,30+,31+/m0/s1. The summed E-state index contributed by atoms with van der Waals surface area (Å²) in [5.74, 6) is -0.00100. The van der Waals surface area contributed by atoms with Gasteiger partial charge in [0.05, 0.1) is 11.3 Å². The monoisotopic (exact) mass is 474 g/mol. The molecule has 4 aliphatic rings. The average Bonchev–Trinajstić information content (AvgIpc) is 3.22. The second-order valence-electron chi connectivity index (χ2n) is 11.7. The normalized spacial score (nSPS) is 40.3. The quantitative estimate of drug-likeness (QED) is 0.281. The molecule has 2 saturated heterocycles. The molecule has 8 atom stereocenters. The van der Waals surface area contributed by atoms with Crippen LogP contribution in [0.15, 0.2) is 66.3 Å². The van der Waals surface area contributed by atoms with E-state index in [1.165, 1.54) is 11.1 Å². The van der Waals surface area contributed by atoms with Crippen LogP contribution in [0, 0.1) is 35.0 Å². The number of ether oxygens (including phenoxy) is 2. The third kappa shape index (κ3) is 3.08. The Balaban J connectivity index is 1.63. The maximum atomic E-state index is 14.5. The maximum Gasteiger partial charge on any atom is 0.347 e. The molecule has 2 heterocycles. The Kier molecular flexibility index (Phi) is 5.75. The third-order valence-corrected chi connectivity index (χ3v) is 9.52. The summed E-state index contributed by atoms with van der Waals surface area (Å²) >= 11 is 0. The van der Waals surface area contributed by atoms with E-state index in [4.69, 9.17) is 9.47 Å². The summed E-state index contributed by atoms with van der Waals surface area (Å²) in [6.07, 6.45) is 9.44. The average molecular weight is 475 g/mol. The molecule has 0 bridgehead atoms. The molecule has 4 heteroatoms. The lowest BCUT2D eigenvalue weighted by atomic mass is 9.42. The summed E-state index contributed by atoms with van der Waals surface area (Å²) in [5, 5.41) is 0. The number of hydrogen-bond donors (Lipinski definition) is 0. The Labute approximate surface area is 209 Å². The van der Waals surface area contributed by atoms with E-state index in [0.717, 1.165) is 24.8 Å². The van der Waals surface area contributed by atoms with Gasteiger partial charge in [-0.1, -0.05) is 66.6 Å². The van der Waals surface area contributed by atoms with E-state index in [1.54, 1.807) is 6.08 Å². The Morgan fingerprint density at radius 1 is 1.20 bits per heavy atom. The van der Waals surface area contributed by atoms with Gasteiger partial charge >= 0.3 is 5.97 Å². The molecule has 2 aliphatic heterocycles. The van der Waals surface area contributed by atoms with Gasteiger partial charge in [0, 0.05) is 5.92 Å². The summed E-state index contributed by atoms with van der Waals surface area (Å²) in [5.41, 5.74) is 0.197. The molecular weight excluding hydrogens is 436 g/mol. The van der Waals surface area contributed by atoms with Gasteiger partial charge in [-0.15, -0.1) is 6.58 Å². The van der Waals surface area contributed by atoms with Crippen LogP contribution >= 0.6 is 0 Å². The van der Waals surface area contributed by atoms with Gasteiger partial charge in [-0.05, 0) is 70.3 Å². The number of esters is 1. The third-order valence-electron chi connectivity index (χ3n) is 9.52. The van der Waals surface area contributed by atoms with Crippen molar-refractivity contribution in [3.8, 4) is 0 Å². The number of benzene rings is 1. The lowest BCUT2D eigenvalue weighted by Crippen LogP contribution is -2.64. The SMILES string of the molecule is C=C[C@]1(C)COC(=O)[C@@]12O[C@@]1(c3ccccc3)[C@@H](C2=O)[C@@H]2[C@@H]([C@@H](C)CCC=C(C)C)CC=C(C)[C@@H]21. The van der Waals surface area contributed by atoms with Gasteiger partial charge in [0.1, 0.15) is 12.2 Å². The number of carbonyl (C=O) groups excluding carboxylic acids is 2. The molecule has 4 nitrogen and oxygen atoms in total. The van der Waals surface area contributed by atoms with Crippen molar-refractivity contribution in [3.05, 3.63) is 71.8 Å². The van der Waals surface area contributed by atoms with Crippen LogP contribution in [0.1, 0.15) is 59.4 Å². The lowest BCUT2D eigenvalue weighted by molar-refractivity contribution is -0.234. The molecular formula is C31H38O4. The van der Waals surface area contributed by atoms with E-state index in [2.05, 4.69) is 58.6 Å². The highest BCUT2D eigenvalue weighted by Gasteiger charge is 2.83. The number of Topliss-reactive ketones (excluding diaryl/α,β-unsaturated/α-hetero) is 1. The molecule has 5 rings (SSSR count). The number of carbonyl (C=O) groups is 2. The number of fused-ring (bicyclic) bond motifs is 4. The molecule has 0 radical (unpaired) electrons. The molecule has 1 aromatic rings. The van der Waals surface area contributed by atoms with Crippen LogP contribution in [0.3, 0.4) is 0 Å². The Morgan fingerprint density at radius 3 is 2.57 bits per heavy atom. The van der Waals surface area contributed by atoms with Crippen LogP contribution in [0.4, 0.5) is 0 Å². The van der Waals surface area contributed by atoms with Crippen molar-refractivity contribution >= 4 is 11.8 Å². The van der Waals surface area contributed by atoms with Crippen molar-refractivity contribution in [2.45, 2.75) is 65.1 Å². The Bertz CT molecular complexity index is 1110. The fourth-order valence-corrected chi connectivity index (χ4v) is 7.57. The predicted molar refractivity (Wildman–Crippen MR) is 136 cm³/mol. The minimum Gasteiger partial charge on any atom is -0.462 e. The zero-order chi connectivity index (χ0) is 25.2. The van der Waals surface area contributed by atoms with E-state index in [9.17, 15) is 9.59 Å². The Morgan fingerprint density at radius 2 is 1.91 bits per heavy atom. The number of ketones is 1. The summed E-state index contributed by atoms with van der Waals surface area (Å²) < 4.78 is 12.5. The van der Waals surface area contributed by atoms with Crippen LogP contribution in [-0.2, 0) is 24.7 Å². The van der Waals surface area contributed by atoms with Crippen LogP contribution in [0.25, 0.3) is 0 Å². The second kappa shape index (κ2) is 8.30. The summed E-state index contributed by atoms with van der Waals surface area (Å²) in [6, 6.07) is 10.1. The minimum absolute atomic E-state index is 0.0605. The molecule has 1 aromatic carbocycles. The number of allylic oxidation sites excluding steroid dienone is 3. The van der Waals surface area contributed by atoms with Gasteiger partial charge in [-0.2, -0.15) is 0 Å². The molecule has 1 spiro atoms. The molecule has 35 heavy (non-hydrogen) atoms. The van der Waals surface area contributed by atoms with Crippen molar-refractivity contribution in [2.75, 3.05) is 6.61 Å². The van der Waals surface area contributed by atoms with Gasteiger partial charge in [0.15, 0.2) is 5.78 Å². The molecule has 1 saturated carbocycles. The van der Waals surface area contributed by atoms with Gasteiger partial charge in [0.2, 0.25) is 5.60 Å². The first kappa shape index (κ1) is 24.2. The first-order chi connectivity index (χ1) is 16.6. The zero-order valence-electron chi connectivity index (χ0n) is 21.7. The van der Waals surface area contributed by atoms with E-state index in [-0.39, 0.29) is 30.1 Å². The van der Waals surface area contributed by atoms with Crippen molar-refractivity contribution < 1.29 is 19.1 Å². The zero-order valence-corrected chi connectivity index (χ0v) is 21.7. The second-order valence-corrected chi connectivity index (χ2v) is 11.7. The smallest absolute Gasteiger partial charge is 0.347 e. The topological polar surface area (TPSA) is 52.6 Å². The predicted octanol–water partition coefficient (Wildman–Crippen LogP) is 6.18. The maximum absolute atomic E-state index is 14.5.